The second-order valence-corrected chi connectivity index (χ2v) is 5.38. The highest BCUT2D eigenvalue weighted by atomic mass is 35.5. The molecule has 106 valence electrons. The molecule has 1 atom stereocenters. The Kier molecular flexibility index (Phi) is 4.39. The first-order valence-electron chi connectivity index (χ1n) is 6.46. The first-order chi connectivity index (χ1) is 9.47. The Morgan fingerprint density at radius 1 is 1.25 bits per heavy atom. The highest BCUT2D eigenvalue weighted by Crippen LogP contribution is 2.16. The van der Waals surface area contributed by atoms with Crippen molar-refractivity contribution in [2.75, 3.05) is 0 Å². The highest BCUT2D eigenvalue weighted by Gasteiger charge is 2.16. The summed E-state index contributed by atoms with van der Waals surface area (Å²) < 4.78 is 0. The minimum Gasteiger partial charge on any atom is -0.343 e. The fourth-order valence-electron chi connectivity index (χ4n) is 1.73. The van der Waals surface area contributed by atoms with Crippen molar-refractivity contribution in [3.8, 4) is 0 Å². The number of hydrogen-bond acceptors (Lipinski definition) is 3. The quantitative estimate of drug-likeness (QED) is 0.910. The third-order valence-corrected chi connectivity index (χ3v) is 3.22. The molecule has 2 aromatic rings. The third-order valence-electron chi connectivity index (χ3n) is 2.97. The van der Waals surface area contributed by atoms with E-state index < -0.39 is 0 Å². The van der Waals surface area contributed by atoms with Gasteiger partial charge in [-0.3, -0.25) is 9.89 Å². The van der Waals surface area contributed by atoms with Gasteiger partial charge >= 0.3 is 0 Å². The maximum atomic E-state index is 12.0. The lowest BCUT2D eigenvalue weighted by Gasteiger charge is -2.12. The molecule has 1 aromatic heterocycles. The number of aromatic amines is 1. The molecule has 0 aliphatic heterocycles. The summed E-state index contributed by atoms with van der Waals surface area (Å²) in [6, 6.07) is 7.21. The monoisotopic (exact) mass is 292 g/mol. The van der Waals surface area contributed by atoms with Crippen LogP contribution in [0.15, 0.2) is 24.3 Å². The van der Waals surface area contributed by atoms with Gasteiger partial charge in [0.15, 0.2) is 0 Å². The van der Waals surface area contributed by atoms with Crippen LogP contribution in [-0.4, -0.2) is 21.1 Å². The number of carbonyl (C=O) groups excluding carboxylic acids is 1. The second-order valence-electron chi connectivity index (χ2n) is 4.95. The van der Waals surface area contributed by atoms with Gasteiger partial charge in [-0.25, -0.2) is 4.98 Å². The van der Waals surface area contributed by atoms with E-state index in [0.29, 0.717) is 10.8 Å². The molecule has 2 rings (SSSR count). The molecule has 0 radical (unpaired) electrons. The summed E-state index contributed by atoms with van der Waals surface area (Å²) in [5.41, 5.74) is 0.974. The molecule has 0 saturated heterocycles. The van der Waals surface area contributed by atoms with E-state index in [-0.39, 0.29) is 23.7 Å². The zero-order valence-corrected chi connectivity index (χ0v) is 12.4. The molecule has 1 amide bonds. The zero-order chi connectivity index (χ0) is 14.7. The first-order valence-corrected chi connectivity index (χ1v) is 6.83. The molecule has 1 aromatic carbocycles. The summed E-state index contributed by atoms with van der Waals surface area (Å²) in [4.78, 5) is 16.2. The van der Waals surface area contributed by atoms with Crippen molar-refractivity contribution < 1.29 is 4.79 Å². The molecule has 2 N–H and O–H groups in total. The molecule has 6 heteroatoms. The van der Waals surface area contributed by atoms with Crippen LogP contribution in [0.3, 0.4) is 0 Å². The van der Waals surface area contributed by atoms with Gasteiger partial charge in [0.2, 0.25) is 5.82 Å². The lowest BCUT2D eigenvalue weighted by molar-refractivity contribution is 0.0929. The molecule has 0 saturated carbocycles. The summed E-state index contributed by atoms with van der Waals surface area (Å²) in [5, 5.41) is 10.2. The lowest BCUT2D eigenvalue weighted by Crippen LogP contribution is -2.27. The summed E-state index contributed by atoms with van der Waals surface area (Å²) in [6.45, 7) is 5.87. The van der Waals surface area contributed by atoms with Crippen LogP contribution in [0.25, 0.3) is 0 Å². The van der Waals surface area contributed by atoms with Gasteiger partial charge in [-0.05, 0) is 24.6 Å². The van der Waals surface area contributed by atoms with Gasteiger partial charge in [-0.2, -0.15) is 0 Å². The van der Waals surface area contributed by atoms with E-state index in [1.165, 1.54) is 0 Å². The number of nitrogens with zero attached hydrogens (tertiary/aromatic N) is 2. The Labute approximate surface area is 122 Å². The number of hydrogen-bond donors (Lipinski definition) is 2. The van der Waals surface area contributed by atoms with Crippen molar-refractivity contribution in [3.63, 3.8) is 0 Å². The number of rotatable bonds is 4. The average molecular weight is 293 g/mol. The molecular formula is C14H17ClN4O. The predicted molar refractivity (Wildman–Crippen MR) is 77.8 cm³/mol. The van der Waals surface area contributed by atoms with E-state index in [2.05, 4.69) is 20.5 Å². The van der Waals surface area contributed by atoms with Gasteiger partial charge in [0, 0.05) is 10.9 Å². The average Bonchev–Trinajstić information content (AvgIpc) is 2.89. The summed E-state index contributed by atoms with van der Waals surface area (Å²) >= 11 is 5.84. The number of aromatic nitrogens is 3. The Bertz CT molecular complexity index is 591. The van der Waals surface area contributed by atoms with E-state index in [1.807, 2.05) is 32.9 Å². The molecule has 0 aliphatic carbocycles. The normalized spacial score (nSPS) is 12.4. The van der Waals surface area contributed by atoms with Crippen molar-refractivity contribution in [2.24, 2.45) is 0 Å². The number of carbonyl (C=O) groups is 1. The Morgan fingerprint density at radius 2 is 1.90 bits per heavy atom. The number of H-pyrrole nitrogens is 1. The third kappa shape index (κ3) is 3.36. The first kappa shape index (κ1) is 14.5. The van der Waals surface area contributed by atoms with E-state index in [9.17, 15) is 4.79 Å². The molecule has 0 aliphatic rings. The second kappa shape index (κ2) is 6.05. The maximum absolute atomic E-state index is 12.0. The highest BCUT2D eigenvalue weighted by molar-refractivity contribution is 6.30. The fraction of sp³-hybridized carbons (Fsp3) is 0.357. The van der Waals surface area contributed by atoms with E-state index in [0.717, 1.165) is 5.56 Å². The van der Waals surface area contributed by atoms with Gasteiger partial charge in [-0.1, -0.05) is 37.6 Å². The van der Waals surface area contributed by atoms with Crippen molar-refractivity contribution in [1.29, 1.82) is 0 Å². The minimum atomic E-state index is -0.296. The van der Waals surface area contributed by atoms with E-state index in [4.69, 9.17) is 11.6 Å². The molecule has 5 nitrogen and oxygen atoms in total. The summed E-state index contributed by atoms with van der Waals surface area (Å²) in [5.74, 6) is 0.775. The van der Waals surface area contributed by atoms with Crippen molar-refractivity contribution in [3.05, 3.63) is 46.5 Å². The molecule has 0 fully saturated rings. The topological polar surface area (TPSA) is 70.7 Å². The molecule has 1 heterocycles. The van der Waals surface area contributed by atoms with Crippen molar-refractivity contribution in [2.45, 2.75) is 32.7 Å². The predicted octanol–water partition coefficient (Wildman–Crippen LogP) is 3.07. The van der Waals surface area contributed by atoms with Crippen LogP contribution in [0.1, 0.15) is 54.7 Å². The van der Waals surface area contributed by atoms with Crippen molar-refractivity contribution in [1.82, 2.24) is 20.5 Å². The van der Waals surface area contributed by atoms with Gasteiger partial charge in [0.25, 0.3) is 5.91 Å². The smallest absolute Gasteiger partial charge is 0.291 e. The number of benzene rings is 1. The SMILES string of the molecule is CC(C)c1nc(C(=O)NC(C)c2ccc(Cl)cc2)n[nH]1. The van der Waals surface area contributed by atoms with Gasteiger partial charge in [-0.15, -0.1) is 5.10 Å². The molecule has 20 heavy (non-hydrogen) atoms. The minimum absolute atomic E-state index is 0.138. The largest absolute Gasteiger partial charge is 0.343 e. The number of halogens is 1. The lowest BCUT2D eigenvalue weighted by atomic mass is 10.1. The van der Waals surface area contributed by atoms with Crippen molar-refractivity contribution >= 4 is 17.5 Å². The summed E-state index contributed by atoms with van der Waals surface area (Å²) in [6.07, 6.45) is 0. The maximum Gasteiger partial charge on any atom is 0.291 e. The molecule has 0 bridgehead atoms. The zero-order valence-electron chi connectivity index (χ0n) is 11.6. The Morgan fingerprint density at radius 3 is 2.45 bits per heavy atom. The summed E-state index contributed by atoms with van der Waals surface area (Å²) in [7, 11) is 0. The Hall–Kier alpha value is -1.88. The fourth-order valence-corrected chi connectivity index (χ4v) is 1.86. The van der Waals surface area contributed by atoms with Gasteiger partial charge in [0.1, 0.15) is 5.82 Å². The number of amides is 1. The number of nitrogens with one attached hydrogen (secondary N) is 2. The van der Waals surface area contributed by atoms with Crippen LogP contribution >= 0.6 is 11.6 Å². The molecule has 0 spiro atoms. The molecule has 1 unspecified atom stereocenters. The standard InChI is InChI=1S/C14H17ClN4O/c1-8(2)12-17-13(19-18-12)14(20)16-9(3)10-4-6-11(15)7-5-10/h4-9H,1-3H3,(H,16,20)(H,17,18,19). The Balaban J connectivity index is 2.04. The van der Waals surface area contributed by atoms with Crippen LogP contribution in [0.2, 0.25) is 5.02 Å². The van der Waals surface area contributed by atoms with Crippen LogP contribution in [0.5, 0.6) is 0 Å². The molecular weight excluding hydrogens is 276 g/mol. The van der Waals surface area contributed by atoms with Crippen LogP contribution in [0.4, 0.5) is 0 Å². The van der Waals surface area contributed by atoms with Crippen LogP contribution in [0, 0.1) is 0 Å². The van der Waals surface area contributed by atoms with Crippen LogP contribution < -0.4 is 5.32 Å². The van der Waals surface area contributed by atoms with E-state index >= 15 is 0 Å². The van der Waals surface area contributed by atoms with Gasteiger partial charge < -0.3 is 5.32 Å². The van der Waals surface area contributed by atoms with Crippen LogP contribution in [-0.2, 0) is 0 Å². The van der Waals surface area contributed by atoms with Gasteiger partial charge in [0.05, 0.1) is 6.04 Å². The van der Waals surface area contributed by atoms with E-state index in [1.54, 1.807) is 12.1 Å².